The van der Waals surface area contributed by atoms with E-state index in [2.05, 4.69) is 4.98 Å². The highest BCUT2D eigenvalue weighted by Crippen LogP contribution is 2.41. The zero-order valence-electron chi connectivity index (χ0n) is 7.44. The van der Waals surface area contributed by atoms with E-state index >= 15 is 0 Å². The van der Waals surface area contributed by atoms with E-state index in [-0.39, 0.29) is 6.42 Å². The minimum Gasteiger partial charge on any atom is -0.249 e. The molecule has 6 heteroatoms. The van der Waals surface area contributed by atoms with Gasteiger partial charge in [-0.3, -0.25) is 0 Å². The molecule has 0 bridgehead atoms. The topological polar surface area (TPSA) is 47.0 Å². The average Bonchev–Trinajstić information content (AvgIpc) is 2.81. The minimum atomic E-state index is -4.34. The molecule has 3 nitrogen and oxygen atoms in total. The second kappa shape index (κ2) is 3.58. The molecule has 0 amide bonds. The fourth-order valence-corrected chi connectivity index (χ4v) is 2.80. The molecule has 1 heterocycles. The first kappa shape index (κ1) is 10.0. The van der Waals surface area contributed by atoms with Crippen molar-refractivity contribution in [3.8, 4) is 0 Å². The van der Waals surface area contributed by atoms with Crippen LogP contribution in [0.25, 0.3) is 0 Å². The number of nitrogens with zero attached hydrogens (tertiary/aromatic N) is 1. The average molecular weight is 235 g/mol. The molecular formula is C8H10FNO2S2. The zero-order chi connectivity index (χ0) is 10.2. The van der Waals surface area contributed by atoms with Crippen molar-refractivity contribution in [2.75, 3.05) is 5.75 Å². The lowest BCUT2D eigenvalue weighted by Gasteiger charge is -1.97. The first-order chi connectivity index (χ1) is 6.56. The van der Waals surface area contributed by atoms with E-state index in [1.807, 2.05) is 0 Å². The lowest BCUT2D eigenvalue weighted by atomic mass is 10.2. The second-order valence-corrected chi connectivity index (χ2v) is 5.85. The number of aryl methyl sites for hydroxylation is 1. The molecule has 0 N–H and O–H groups in total. The largest absolute Gasteiger partial charge is 0.302 e. The third kappa shape index (κ3) is 2.51. The van der Waals surface area contributed by atoms with Gasteiger partial charge in [-0.2, -0.15) is 8.42 Å². The molecule has 0 aliphatic heterocycles. The molecule has 1 aliphatic rings. The predicted octanol–water partition coefficient (Wildman–Crippen LogP) is 1.86. The first-order valence-electron chi connectivity index (χ1n) is 4.41. The lowest BCUT2D eigenvalue weighted by Crippen LogP contribution is -2.02. The van der Waals surface area contributed by atoms with E-state index in [9.17, 15) is 12.3 Å². The standard InChI is InChI=1S/C8H10FNO2S2/c9-14(11,12)4-3-7-8(6-1-2-6)10-5-13-7/h5-6H,1-4H2. The van der Waals surface area contributed by atoms with Gasteiger partial charge in [-0.15, -0.1) is 15.2 Å². The smallest absolute Gasteiger partial charge is 0.249 e. The van der Waals surface area contributed by atoms with Gasteiger partial charge in [0.1, 0.15) is 0 Å². The lowest BCUT2D eigenvalue weighted by molar-refractivity contribution is 0.551. The van der Waals surface area contributed by atoms with Gasteiger partial charge in [0.2, 0.25) is 0 Å². The van der Waals surface area contributed by atoms with Gasteiger partial charge in [0.25, 0.3) is 0 Å². The van der Waals surface area contributed by atoms with Crippen LogP contribution in [-0.2, 0) is 16.6 Å². The number of rotatable bonds is 4. The van der Waals surface area contributed by atoms with Crippen LogP contribution in [0.15, 0.2) is 5.51 Å². The van der Waals surface area contributed by atoms with Gasteiger partial charge in [-0.05, 0) is 12.8 Å². The highest BCUT2D eigenvalue weighted by Gasteiger charge is 2.28. The van der Waals surface area contributed by atoms with Crippen LogP contribution < -0.4 is 0 Å². The quantitative estimate of drug-likeness (QED) is 0.748. The molecule has 14 heavy (non-hydrogen) atoms. The molecule has 0 radical (unpaired) electrons. The molecule has 1 saturated carbocycles. The Morgan fingerprint density at radius 3 is 2.86 bits per heavy atom. The van der Waals surface area contributed by atoms with Crippen LogP contribution >= 0.6 is 11.3 Å². The first-order valence-corrected chi connectivity index (χ1v) is 6.84. The predicted molar refractivity (Wildman–Crippen MR) is 52.7 cm³/mol. The molecule has 1 aromatic heterocycles. The van der Waals surface area contributed by atoms with E-state index in [0.29, 0.717) is 5.92 Å². The summed E-state index contributed by atoms with van der Waals surface area (Å²) in [5, 5.41) is 0. The fraction of sp³-hybridized carbons (Fsp3) is 0.625. The Bertz CT molecular complexity index is 422. The van der Waals surface area contributed by atoms with Gasteiger partial charge in [0.05, 0.1) is 17.0 Å². The van der Waals surface area contributed by atoms with Crippen molar-refractivity contribution >= 4 is 21.6 Å². The zero-order valence-corrected chi connectivity index (χ0v) is 9.07. The Kier molecular flexibility index (Phi) is 2.57. The second-order valence-electron chi connectivity index (χ2n) is 3.43. The SMILES string of the molecule is O=S(=O)(F)CCc1scnc1C1CC1. The van der Waals surface area contributed by atoms with Gasteiger partial charge in [0, 0.05) is 17.2 Å². The molecule has 0 saturated heterocycles. The highest BCUT2D eigenvalue weighted by molar-refractivity contribution is 7.86. The maximum Gasteiger partial charge on any atom is 0.302 e. The molecule has 0 spiro atoms. The summed E-state index contributed by atoms with van der Waals surface area (Å²) in [5.74, 6) is 0.0770. The summed E-state index contributed by atoms with van der Waals surface area (Å²) >= 11 is 1.42. The van der Waals surface area contributed by atoms with Crippen molar-refractivity contribution in [2.45, 2.75) is 25.2 Å². The maximum absolute atomic E-state index is 12.3. The number of hydrogen-bond donors (Lipinski definition) is 0. The van der Waals surface area contributed by atoms with Crippen LogP contribution in [-0.4, -0.2) is 19.2 Å². The Labute approximate surface area is 86.2 Å². The third-order valence-electron chi connectivity index (χ3n) is 2.21. The van der Waals surface area contributed by atoms with Crippen molar-refractivity contribution in [3.63, 3.8) is 0 Å². The van der Waals surface area contributed by atoms with Gasteiger partial charge in [-0.25, -0.2) is 4.98 Å². The van der Waals surface area contributed by atoms with Crippen LogP contribution in [0.5, 0.6) is 0 Å². The van der Waals surface area contributed by atoms with Crippen molar-refractivity contribution in [1.82, 2.24) is 4.98 Å². The summed E-state index contributed by atoms with van der Waals surface area (Å²) in [5.41, 5.74) is 2.69. The van der Waals surface area contributed by atoms with E-state index in [0.717, 1.165) is 23.4 Å². The summed E-state index contributed by atoms with van der Waals surface area (Å²) in [6.45, 7) is 0. The van der Waals surface area contributed by atoms with E-state index in [1.165, 1.54) is 11.3 Å². The Hall–Kier alpha value is -0.490. The van der Waals surface area contributed by atoms with Gasteiger partial charge < -0.3 is 0 Å². The Balaban J connectivity index is 2.05. The molecule has 78 valence electrons. The highest BCUT2D eigenvalue weighted by atomic mass is 32.3. The monoisotopic (exact) mass is 235 g/mol. The summed E-state index contributed by atoms with van der Waals surface area (Å²) < 4.78 is 33.0. The van der Waals surface area contributed by atoms with Gasteiger partial charge >= 0.3 is 10.2 Å². The van der Waals surface area contributed by atoms with Crippen LogP contribution in [0.1, 0.15) is 29.3 Å². The minimum absolute atomic E-state index is 0.259. The summed E-state index contributed by atoms with van der Waals surface area (Å²) in [6.07, 6.45) is 2.51. The normalized spacial score (nSPS) is 17.2. The van der Waals surface area contributed by atoms with Crippen LogP contribution in [0.3, 0.4) is 0 Å². The maximum atomic E-state index is 12.3. The molecule has 1 fully saturated rings. The van der Waals surface area contributed by atoms with Crippen LogP contribution in [0.4, 0.5) is 3.89 Å². The molecule has 1 aliphatic carbocycles. The molecule has 0 unspecified atom stereocenters. The van der Waals surface area contributed by atoms with Crippen LogP contribution in [0.2, 0.25) is 0 Å². The molecule has 0 atom stereocenters. The number of halogens is 1. The molecule has 2 rings (SSSR count). The van der Waals surface area contributed by atoms with E-state index < -0.39 is 16.0 Å². The van der Waals surface area contributed by atoms with E-state index in [1.54, 1.807) is 5.51 Å². The molecular weight excluding hydrogens is 225 g/mol. The van der Waals surface area contributed by atoms with Crippen molar-refractivity contribution in [1.29, 1.82) is 0 Å². The van der Waals surface area contributed by atoms with Crippen LogP contribution in [0, 0.1) is 0 Å². The van der Waals surface area contributed by atoms with E-state index in [4.69, 9.17) is 0 Å². The summed E-state index contributed by atoms with van der Waals surface area (Å²) in [6, 6.07) is 0. The van der Waals surface area contributed by atoms with Crippen molar-refractivity contribution < 1.29 is 12.3 Å². The molecule has 1 aromatic rings. The van der Waals surface area contributed by atoms with Crippen molar-refractivity contribution in [2.24, 2.45) is 0 Å². The summed E-state index contributed by atoms with van der Waals surface area (Å²) in [4.78, 5) is 5.10. The van der Waals surface area contributed by atoms with Gasteiger partial charge in [-0.1, -0.05) is 0 Å². The number of thiazole rings is 1. The number of hydrogen-bond acceptors (Lipinski definition) is 4. The van der Waals surface area contributed by atoms with Gasteiger partial charge in [0.15, 0.2) is 0 Å². The van der Waals surface area contributed by atoms with Crippen molar-refractivity contribution in [3.05, 3.63) is 16.1 Å². The third-order valence-corrected chi connectivity index (χ3v) is 3.81. The fourth-order valence-electron chi connectivity index (χ4n) is 1.37. The number of aromatic nitrogens is 1. The molecule has 0 aromatic carbocycles. The Morgan fingerprint density at radius 1 is 1.57 bits per heavy atom. The summed E-state index contributed by atoms with van der Waals surface area (Å²) in [7, 11) is -4.34. The Morgan fingerprint density at radius 2 is 2.29 bits per heavy atom.